The number of likely N-dealkylation sites (N-methyl/N-ethyl adjacent to an activating group) is 1. The molecule has 5 heteroatoms. The third-order valence-corrected chi connectivity index (χ3v) is 2.70. The zero-order valence-electron chi connectivity index (χ0n) is 12.3. The van der Waals surface area contributed by atoms with Gasteiger partial charge in [0, 0.05) is 38.8 Å². The van der Waals surface area contributed by atoms with E-state index < -0.39 is 0 Å². The Morgan fingerprint density at radius 3 is 2.85 bits per heavy atom. The summed E-state index contributed by atoms with van der Waals surface area (Å²) in [6.45, 7) is 5.58. The molecule has 0 aliphatic rings. The number of methoxy groups -OCH3 is 1. The second-order valence-corrected chi connectivity index (χ2v) is 4.33. The van der Waals surface area contributed by atoms with Crippen LogP contribution in [0.1, 0.15) is 23.7 Å². The maximum atomic E-state index is 11.9. The fourth-order valence-electron chi connectivity index (χ4n) is 1.66. The predicted molar refractivity (Wildman–Crippen MR) is 79.3 cm³/mol. The normalized spacial score (nSPS) is 10.3. The van der Waals surface area contributed by atoms with Gasteiger partial charge < -0.3 is 20.1 Å². The number of carbonyl (C=O) groups is 1. The van der Waals surface area contributed by atoms with Crippen molar-refractivity contribution >= 4 is 5.91 Å². The maximum absolute atomic E-state index is 11.9. The van der Waals surface area contributed by atoms with Crippen LogP contribution in [-0.4, -0.2) is 45.9 Å². The summed E-state index contributed by atoms with van der Waals surface area (Å²) in [5.41, 5.74) is 0.616. The summed E-state index contributed by atoms with van der Waals surface area (Å²) in [5, 5.41) is 6.02. The molecule has 0 radical (unpaired) electrons. The highest BCUT2D eigenvalue weighted by atomic mass is 16.5. The molecule has 0 spiro atoms. The van der Waals surface area contributed by atoms with E-state index in [4.69, 9.17) is 9.47 Å². The topological polar surface area (TPSA) is 59.6 Å². The number of carbonyl (C=O) groups excluding carboxylic acids is 1. The lowest BCUT2D eigenvalue weighted by Gasteiger charge is -2.09. The number of benzene rings is 1. The molecule has 0 atom stereocenters. The third-order valence-electron chi connectivity index (χ3n) is 2.70. The number of ether oxygens (including phenoxy) is 2. The number of nitrogens with one attached hydrogen (secondary N) is 2. The molecule has 0 bridgehead atoms. The lowest BCUT2D eigenvalue weighted by atomic mass is 10.2. The molecule has 0 heterocycles. The molecule has 0 saturated heterocycles. The summed E-state index contributed by atoms with van der Waals surface area (Å²) in [7, 11) is 1.67. The van der Waals surface area contributed by atoms with Crippen LogP contribution >= 0.6 is 0 Å². The van der Waals surface area contributed by atoms with Crippen LogP contribution in [0.15, 0.2) is 24.3 Å². The van der Waals surface area contributed by atoms with Gasteiger partial charge in [-0.15, -0.1) is 0 Å². The van der Waals surface area contributed by atoms with Crippen LogP contribution in [0.2, 0.25) is 0 Å². The van der Waals surface area contributed by atoms with Crippen molar-refractivity contribution in [1.82, 2.24) is 10.6 Å². The van der Waals surface area contributed by atoms with E-state index in [2.05, 4.69) is 10.6 Å². The Kier molecular flexibility index (Phi) is 8.42. The third kappa shape index (κ3) is 6.54. The highest BCUT2D eigenvalue weighted by molar-refractivity contribution is 5.94. The first-order chi connectivity index (χ1) is 9.77. The fourth-order valence-corrected chi connectivity index (χ4v) is 1.66. The Hall–Kier alpha value is -1.59. The fraction of sp³-hybridized carbons (Fsp3) is 0.533. The Balaban J connectivity index is 2.39. The lowest BCUT2D eigenvalue weighted by molar-refractivity contribution is 0.0953. The van der Waals surface area contributed by atoms with E-state index >= 15 is 0 Å². The van der Waals surface area contributed by atoms with Crippen LogP contribution in [0.25, 0.3) is 0 Å². The van der Waals surface area contributed by atoms with Crippen LogP contribution in [0.3, 0.4) is 0 Å². The Morgan fingerprint density at radius 1 is 1.25 bits per heavy atom. The molecule has 1 aromatic carbocycles. The van der Waals surface area contributed by atoms with Gasteiger partial charge in [-0.2, -0.15) is 0 Å². The van der Waals surface area contributed by atoms with Gasteiger partial charge in [0.15, 0.2) is 0 Å². The van der Waals surface area contributed by atoms with E-state index in [1.165, 1.54) is 0 Å². The molecule has 1 amide bonds. The second-order valence-electron chi connectivity index (χ2n) is 4.33. The summed E-state index contributed by atoms with van der Waals surface area (Å²) in [5.74, 6) is 0.630. The first-order valence-corrected chi connectivity index (χ1v) is 6.98. The van der Waals surface area contributed by atoms with E-state index in [1.807, 2.05) is 19.1 Å². The Bertz CT molecular complexity index is 396. The van der Waals surface area contributed by atoms with Gasteiger partial charge in [-0.25, -0.2) is 0 Å². The molecule has 0 saturated carbocycles. The van der Waals surface area contributed by atoms with E-state index in [1.54, 1.807) is 19.2 Å². The Morgan fingerprint density at radius 2 is 2.10 bits per heavy atom. The first kappa shape index (κ1) is 16.5. The monoisotopic (exact) mass is 280 g/mol. The quantitative estimate of drug-likeness (QED) is 0.637. The average molecular weight is 280 g/mol. The summed E-state index contributed by atoms with van der Waals surface area (Å²) in [6, 6.07) is 7.22. The van der Waals surface area contributed by atoms with Gasteiger partial charge in [0.25, 0.3) is 5.91 Å². The van der Waals surface area contributed by atoms with Gasteiger partial charge in [0.2, 0.25) is 0 Å². The minimum absolute atomic E-state index is 0.0785. The molecule has 1 aromatic rings. The number of rotatable bonds is 10. The molecule has 1 rings (SSSR count). The molecule has 0 unspecified atom stereocenters. The van der Waals surface area contributed by atoms with Gasteiger partial charge in [-0.1, -0.05) is 13.0 Å². The summed E-state index contributed by atoms with van der Waals surface area (Å²) in [6.07, 6.45) is 0.829. The van der Waals surface area contributed by atoms with Crippen molar-refractivity contribution < 1.29 is 14.3 Å². The van der Waals surface area contributed by atoms with Crippen LogP contribution < -0.4 is 15.4 Å². The van der Waals surface area contributed by atoms with E-state index in [0.29, 0.717) is 31.1 Å². The average Bonchev–Trinajstić information content (AvgIpc) is 2.48. The van der Waals surface area contributed by atoms with Gasteiger partial charge in [0.1, 0.15) is 5.75 Å². The predicted octanol–water partition coefficient (Wildman–Crippen LogP) is 1.44. The van der Waals surface area contributed by atoms with Crippen molar-refractivity contribution in [3.05, 3.63) is 29.8 Å². The van der Waals surface area contributed by atoms with Gasteiger partial charge in [0.05, 0.1) is 6.61 Å². The van der Waals surface area contributed by atoms with Gasteiger partial charge in [-0.3, -0.25) is 4.79 Å². The zero-order chi connectivity index (χ0) is 14.6. The molecular formula is C15H24N2O3. The van der Waals surface area contributed by atoms with Crippen LogP contribution in [0.5, 0.6) is 5.75 Å². The molecular weight excluding hydrogens is 256 g/mol. The van der Waals surface area contributed by atoms with E-state index in [9.17, 15) is 4.79 Å². The smallest absolute Gasteiger partial charge is 0.251 e. The van der Waals surface area contributed by atoms with Crippen molar-refractivity contribution in [3.63, 3.8) is 0 Å². The highest BCUT2D eigenvalue weighted by Gasteiger charge is 2.05. The van der Waals surface area contributed by atoms with E-state index in [-0.39, 0.29) is 5.91 Å². The molecule has 112 valence electrons. The van der Waals surface area contributed by atoms with Crippen LogP contribution in [0, 0.1) is 0 Å². The van der Waals surface area contributed by atoms with Crippen molar-refractivity contribution in [2.75, 3.05) is 40.0 Å². The number of hydrogen-bond donors (Lipinski definition) is 2. The molecule has 5 nitrogen and oxygen atoms in total. The largest absolute Gasteiger partial charge is 0.493 e. The van der Waals surface area contributed by atoms with Crippen molar-refractivity contribution in [2.24, 2.45) is 0 Å². The molecule has 20 heavy (non-hydrogen) atoms. The van der Waals surface area contributed by atoms with Crippen LogP contribution in [-0.2, 0) is 4.74 Å². The van der Waals surface area contributed by atoms with Crippen molar-refractivity contribution in [1.29, 1.82) is 0 Å². The Labute approximate surface area is 120 Å². The highest BCUT2D eigenvalue weighted by Crippen LogP contribution is 2.13. The SMILES string of the molecule is CCNCCNC(=O)c1cccc(OCCCOC)c1. The standard InChI is InChI=1S/C15H24N2O3/c1-3-16-8-9-17-15(18)13-6-4-7-14(12-13)20-11-5-10-19-2/h4,6-7,12,16H,3,5,8-11H2,1-2H3,(H,17,18). The molecule has 2 N–H and O–H groups in total. The van der Waals surface area contributed by atoms with Gasteiger partial charge >= 0.3 is 0 Å². The summed E-state index contributed by atoms with van der Waals surface area (Å²) >= 11 is 0. The number of amides is 1. The minimum atomic E-state index is -0.0785. The molecule has 0 aliphatic heterocycles. The molecule has 0 fully saturated rings. The zero-order valence-corrected chi connectivity index (χ0v) is 12.3. The first-order valence-electron chi connectivity index (χ1n) is 6.98. The van der Waals surface area contributed by atoms with Crippen molar-refractivity contribution in [2.45, 2.75) is 13.3 Å². The lowest BCUT2D eigenvalue weighted by Crippen LogP contribution is -2.31. The van der Waals surface area contributed by atoms with Crippen LogP contribution in [0.4, 0.5) is 0 Å². The summed E-state index contributed by atoms with van der Waals surface area (Å²) < 4.78 is 10.5. The molecule has 0 aromatic heterocycles. The summed E-state index contributed by atoms with van der Waals surface area (Å²) in [4.78, 5) is 11.9. The molecule has 0 aliphatic carbocycles. The number of hydrogen-bond acceptors (Lipinski definition) is 4. The van der Waals surface area contributed by atoms with Crippen molar-refractivity contribution in [3.8, 4) is 5.75 Å². The minimum Gasteiger partial charge on any atom is -0.493 e. The maximum Gasteiger partial charge on any atom is 0.251 e. The van der Waals surface area contributed by atoms with Gasteiger partial charge in [-0.05, 0) is 24.7 Å². The second kappa shape index (κ2) is 10.2. The van der Waals surface area contributed by atoms with E-state index in [0.717, 1.165) is 19.5 Å².